The van der Waals surface area contributed by atoms with Crippen LogP contribution < -0.4 is 10.6 Å². The van der Waals surface area contributed by atoms with E-state index in [0.717, 1.165) is 19.4 Å². The third kappa shape index (κ3) is 6.35. The van der Waals surface area contributed by atoms with Crippen LogP contribution in [0.1, 0.15) is 32.1 Å². The predicted molar refractivity (Wildman–Crippen MR) is 75.4 cm³/mol. The molecule has 112 valence electrons. The van der Waals surface area contributed by atoms with Gasteiger partial charge < -0.3 is 10.6 Å². The van der Waals surface area contributed by atoms with Crippen LogP contribution in [-0.2, 0) is 14.8 Å². The second kappa shape index (κ2) is 7.81. The summed E-state index contributed by atoms with van der Waals surface area (Å²) in [5.74, 6) is -0.116. The maximum absolute atomic E-state index is 11.6. The highest BCUT2D eigenvalue weighted by Crippen LogP contribution is 2.11. The van der Waals surface area contributed by atoms with Crippen LogP contribution >= 0.6 is 0 Å². The fourth-order valence-electron chi connectivity index (χ4n) is 2.07. The third-order valence-corrected chi connectivity index (χ3v) is 5.20. The summed E-state index contributed by atoms with van der Waals surface area (Å²) in [6.07, 6.45) is 4.85. The molecule has 0 spiro atoms. The second-order valence-corrected chi connectivity index (χ2v) is 7.44. The molecule has 2 N–H and O–H groups in total. The fourth-order valence-corrected chi connectivity index (χ4v) is 2.79. The summed E-state index contributed by atoms with van der Waals surface area (Å²) in [7, 11) is -0.239. The molecule has 0 aliphatic carbocycles. The lowest BCUT2D eigenvalue weighted by molar-refractivity contribution is -0.121. The average molecular weight is 291 g/mol. The first kappa shape index (κ1) is 16.4. The van der Waals surface area contributed by atoms with Gasteiger partial charge in [-0.05, 0) is 25.8 Å². The van der Waals surface area contributed by atoms with Crippen LogP contribution in [0.2, 0.25) is 0 Å². The summed E-state index contributed by atoms with van der Waals surface area (Å²) >= 11 is 0. The molecule has 1 unspecified atom stereocenters. The molecule has 0 bridgehead atoms. The lowest BCUT2D eigenvalue weighted by atomic mass is 10.0. The van der Waals surface area contributed by atoms with E-state index in [4.69, 9.17) is 0 Å². The van der Waals surface area contributed by atoms with Gasteiger partial charge in [0.2, 0.25) is 15.9 Å². The van der Waals surface area contributed by atoms with E-state index in [-0.39, 0.29) is 18.2 Å². The van der Waals surface area contributed by atoms with Gasteiger partial charge in [0.25, 0.3) is 0 Å². The van der Waals surface area contributed by atoms with E-state index in [1.165, 1.54) is 31.2 Å². The van der Waals surface area contributed by atoms with Gasteiger partial charge in [-0.15, -0.1) is 0 Å². The molecule has 1 rings (SSSR count). The zero-order chi connectivity index (χ0) is 14.3. The Kier molecular flexibility index (Phi) is 6.74. The van der Waals surface area contributed by atoms with E-state index in [9.17, 15) is 13.2 Å². The molecular formula is C12H25N3O3S. The van der Waals surface area contributed by atoms with Crippen LogP contribution in [0.15, 0.2) is 0 Å². The van der Waals surface area contributed by atoms with Gasteiger partial charge in [-0.2, -0.15) is 0 Å². The molecule has 0 radical (unpaired) electrons. The largest absolute Gasteiger partial charge is 0.355 e. The van der Waals surface area contributed by atoms with Crippen molar-refractivity contribution in [1.29, 1.82) is 0 Å². The monoisotopic (exact) mass is 291 g/mol. The van der Waals surface area contributed by atoms with Crippen molar-refractivity contribution in [2.45, 2.75) is 38.1 Å². The number of sulfonamides is 1. The zero-order valence-electron chi connectivity index (χ0n) is 11.8. The van der Waals surface area contributed by atoms with Gasteiger partial charge in [-0.3, -0.25) is 4.79 Å². The summed E-state index contributed by atoms with van der Waals surface area (Å²) in [6.45, 7) is 1.21. The quantitative estimate of drug-likeness (QED) is 0.687. The van der Waals surface area contributed by atoms with Gasteiger partial charge in [-0.25, -0.2) is 12.7 Å². The highest BCUT2D eigenvalue weighted by molar-refractivity contribution is 7.89. The molecule has 6 nitrogen and oxygen atoms in total. The molecule has 1 fully saturated rings. The SMILES string of the molecule is CN(C)S(=O)(=O)CCNC(=O)CCC1CCCCN1. The molecule has 1 saturated heterocycles. The Hall–Kier alpha value is -0.660. The Morgan fingerprint density at radius 1 is 1.37 bits per heavy atom. The molecule has 0 saturated carbocycles. The van der Waals surface area contributed by atoms with Crippen LogP contribution in [0.25, 0.3) is 0 Å². The molecule has 0 aromatic rings. The van der Waals surface area contributed by atoms with Gasteiger partial charge in [0.1, 0.15) is 0 Å². The Morgan fingerprint density at radius 3 is 2.68 bits per heavy atom. The van der Waals surface area contributed by atoms with E-state index in [0.29, 0.717) is 12.5 Å². The van der Waals surface area contributed by atoms with Crippen molar-refractivity contribution in [1.82, 2.24) is 14.9 Å². The maximum atomic E-state index is 11.6. The minimum absolute atomic E-state index is 0.0482. The maximum Gasteiger partial charge on any atom is 0.220 e. The molecule has 1 atom stereocenters. The van der Waals surface area contributed by atoms with Crippen molar-refractivity contribution in [3.63, 3.8) is 0 Å². The van der Waals surface area contributed by atoms with Crippen LogP contribution in [-0.4, -0.2) is 57.6 Å². The van der Waals surface area contributed by atoms with E-state index in [1.54, 1.807) is 0 Å². The topological polar surface area (TPSA) is 78.5 Å². The van der Waals surface area contributed by atoms with Gasteiger partial charge in [-0.1, -0.05) is 6.42 Å². The number of nitrogens with zero attached hydrogens (tertiary/aromatic N) is 1. The highest BCUT2D eigenvalue weighted by Gasteiger charge is 2.15. The number of rotatable bonds is 7. The first-order chi connectivity index (χ1) is 8.92. The number of carbonyl (C=O) groups is 1. The number of hydrogen-bond acceptors (Lipinski definition) is 4. The lowest BCUT2D eigenvalue weighted by Crippen LogP contribution is -2.37. The van der Waals surface area contributed by atoms with Crippen LogP contribution in [0.3, 0.4) is 0 Å². The Balaban J connectivity index is 2.14. The number of amides is 1. The predicted octanol–water partition coefficient (Wildman–Crippen LogP) is -0.0837. The Bertz CT molecular complexity index is 376. The molecule has 1 amide bonds. The van der Waals surface area contributed by atoms with E-state index in [2.05, 4.69) is 10.6 Å². The molecule has 1 aliphatic heterocycles. The van der Waals surface area contributed by atoms with Gasteiger partial charge in [0, 0.05) is 33.1 Å². The van der Waals surface area contributed by atoms with Crippen molar-refractivity contribution in [3.8, 4) is 0 Å². The smallest absolute Gasteiger partial charge is 0.220 e. The Labute approximate surface area is 116 Å². The number of nitrogens with one attached hydrogen (secondary N) is 2. The summed E-state index contributed by atoms with van der Waals surface area (Å²) in [5, 5.41) is 6.05. The molecule has 1 heterocycles. The Morgan fingerprint density at radius 2 is 2.11 bits per heavy atom. The van der Waals surface area contributed by atoms with Crippen molar-refractivity contribution in [3.05, 3.63) is 0 Å². The molecule has 7 heteroatoms. The van der Waals surface area contributed by atoms with E-state index in [1.807, 2.05) is 0 Å². The van der Waals surface area contributed by atoms with Gasteiger partial charge >= 0.3 is 0 Å². The van der Waals surface area contributed by atoms with Crippen LogP contribution in [0.5, 0.6) is 0 Å². The zero-order valence-corrected chi connectivity index (χ0v) is 12.6. The number of hydrogen-bond donors (Lipinski definition) is 2. The minimum Gasteiger partial charge on any atom is -0.355 e. The molecule has 19 heavy (non-hydrogen) atoms. The lowest BCUT2D eigenvalue weighted by Gasteiger charge is -2.23. The number of piperidine rings is 1. The van der Waals surface area contributed by atoms with Crippen LogP contribution in [0, 0.1) is 0 Å². The minimum atomic E-state index is -3.22. The summed E-state index contributed by atoms with van der Waals surface area (Å²) in [5.41, 5.74) is 0. The first-order valence-electron chi connectivity index (χ1n) is 6.82. The van der Waals surface area contributed by atoms with Crippen molar-refractivity contribution >= 4 is 15.9 Å². The summed E-state index contributed by atoms with van der Waals surface area (Å²) in [4.78, 5) is 11.6. The van der Waals surface area contributed by atoms with Crippen molar-refractivity contribution in [2.24, 2.45) is 0 Å². The third-order valence-electron chi connectivity index (χ3n) is 3.37. The normalized spacial score (nSPS) is 20.5. The highest BCUT2D eigenvalue weighted by atomic mass is 32.2. The molecular weight excluding hydrogens is 266 g/mol. The summed E-state index contributed by atoms with van der Waals surface area (Å²) < 4.78 is 24.1. The molecule has 0 aromatic heterocycles. The van der Waals surface area contributed by atoms with Gasteiger partial charge in [0.05, 0.1) is 5.75 Å². The average Bonchev–Trinajstić information content (AvgIpc) is 2.37. The second-order valence-electron chi connectivity index (χ2n) is 5.13. The fraction of sp³-hybridized carbons (Fsp3) is 0.917. The van der Waals surface area contributed by atoms with E-state index < -0.39 is 10.0 Å². The van der Waals surface area contributed by atoms with Crippen LogP contribution in [0.4, 0.5) is 0 Å². The van der Waals surface area contributed by atoms with Crippen molar-refractivity contribution < 1.29 is 13.2 Å². The van der Waals surface area contributed by atoms with E-state index >= 15 is 0 Å². The molecule has 1 aliphatic rings. The molecule has 0 aromatic carbocycles. The number of carbonyl (C=O) groups excluding carboxylic acids is 1. The summed E-state index contributed by atoms with van der Waals surface area (Å²) in [6, 6.07) is 0.435. The van der Waals surface area contributed by atoms with Gasteiger partial charge in [0.15, 0.2) is 0 Å². The standard InChI is InChI=1S/C12H25N3O3S/c1-15(2)19(17,18)10-9-14-12(16)7-6-11-5-3-4-8-13-11/h11,13H,3-10H2,1-2H3,(H,14,16). The first-order valence-corrected chi connectivity index (χ1v) is 8.43. The van der Waals surface area contributed by atoms with Crippen molar-refractivity contribution in [2.75, 3.05) is 32.9 Å².